The number of para-hydroxylation sites is 1. The summed E-state index contributed by atoms with van der Waals surface area (Å²) in [6, 6.07) is 6.30. The highest BCUT2D eigenvalue weighted by atomic mass is 79.9. The molecule has 4 heteroatoms. The Balaban J connectivity index is 2.22. The normalized spacial score (nSPS) is 18.4. The number of halogens is 1. The monoisotopic (exact) mass is 340 g/mol. The molecule has 2 N–H and O–H groups in total. The third-order valence-electron chi connectivity index (χ3n) is 3.99. The van der Waals surface area contributed by atoms with Gasteiger partial charge < -0.3 is 10.4 Å². The summed E-state index contributed by atoms with van der Waals surface area (Å²) in [5.74, 6) is 1.09. The summed E-state index contributed by atoms with van der Waals surface area (Å²) in [6.07, 6.45) is 2.28. The molecule has 1 atom stereocenters. The van der Waals surface area contributed by atoms with Crippen LogP contribution in [-0.4, -0.2) is 36.2 Å². The van der Waals surface area contributed by atoms with Crippen LogP contribution in [0.3, 0.4) is 0 Å². The summed E-state index contributed by atoms with van der Waals surface area (Å²) in [7, 11) is 0. The Morgan fingerprint density at radius 3 is 2.60 bits per heavy atom. The van der Waals surface area contributed by atoms with Gasteiger partial charge in [-0.2, -0.15) is 0 Å². The lowest BCUT2D eigenvalue weighted by atomic mass is 9.95. The maximum absolute atomic E-state index is 10.4. The first-order valence-electron chi connectivity index (χ1n) is 7.51. The fourth-order valence-electron chi connectivity index (χ4n) is 2.82. The van der Waals surface area contributed by atoms with Gasteiger partial charge in [0.2, 0.25) is 0 Å². The summed E-state index contributed by atoms with van der Waals surface area (Å²) in [5, 5.41) is 13.8. The molecule has 0 aromatic heterocycles. The molecule has 1 aromatic rings. The highest BCUT2D eigenvalue weighted by molar-refractivity contribution is 9.10. The fraction of sp³-hybridized carbons (Fsp3) is 0.625. The molecule has 0 aliphatic carbocycles. The second-order valence-corrected chi connectivity index (χ2v) is 6.80. The minimum absolute atomic E-state index is 0.317. The van der Waals surface area contributed by atoms with E-state index in [-0.39, 0.29) is 0 Å². The van der Waals surface area contributed by atoms with Gasteiger partial charge in [0.05, 0.1) is 4.47 Å². The van der Waals surface area contributed by atoms with E-state index < -0.39 is 0 Å². The molecule has 1 heterocycles. The zero-order chi connectivity index (χ0) is 14.5. The molecule has 20 heavy (non-hydrogen) atoms. The molecule has 0 amide bonds. The molecule has 1 aliphatic heterocycles. The van der Waals surface area contributed by atoms with Gasteiger partial charge in [-0.1, -0.05) is 26.0 Å². The van der Waals surface area contributed by atoms with Crippen LogP contribution >= 0.6 is 15.9 Å². The van der Waals surface area contributed by atoms with E-state index in [1.165, 1.54) is 6.42 Å². The highest BCUT2D eigenvalue weighted by Gasteiger charge is 2.25. The summed E-state index contributed by atoms with van der Waals surface area (Å²) in [4.78, 5) is 2.50. The molecular weight excluding hydrogens is 316 g/mol. The van der Waals surface area contributed by atoms with E-state index in [2.05, 4.69) is 46.1 Å². The van der Waals surface area contributed by atoms with Crippen LogP contribution in [-0.2, 0) is 0 Å². The Morgan fingerprint density at radius 1 is 1.25 bits per heavy atom. The summed E-state index contributed by atoms with van der Waals surface area (Å²) < 4.78 is 0.791. The number of phenolic OH excluding ortho intramolecular Hbond substituents is 1. The third kappa shape index (κ3) is 3.96. The van der Waals surface area contributed by atoms with Gasteiger partial charge in [0, 0.05) is 37.8 Å². The average molecular weight is 341 g/mol. The number of nitrogens with zero attached hydrogens (tertiary/aromatic N) is 1. The molecule has 0 bridgehead atoms. The summed E-state index contributed by atoms with van der Waals surface area (Å²) in [6.45, 7) is 8.69. The second kappa shape index (κ2) is 7.43. The highest BCUT2D eigenvalue weighted by Crippen LogP contribution is 2.37. The van der Waals surface area contributed by atoms with Gasteiger partial charge in [0.25, 0.3) is 0 Å². The Hall–Kier alpha value is -0.580. The second-order valence-electron chi connectivity index (χ2n) is 5.95. The third-order valence-corrected chi connectivity index (χ3v) is 4.63. The van der Waals surface area contributed by atoms with E-state index in [1.54, 1.807) is 0 Å². The smallest absolute Gasteiger partial charge is 0.134 e. The first kappa shape index (κ1) is 15.8. The van der Waals surface area contributed by atoms with Crippen molar-refractivity contribution in [3.05, 3.63) is 28.2 Å². The molecular formula is C16H25BrN2O. The minimum atomic E-state index is 0.317. The maximum atomic E-state index is 10.4. The molecule has 1 aromatic carbocycles. The number of benzene rings is 1. The van der Waals surface area contributed by atoms with E-state index >= 15 is 0 Å². The average Bonchev–Trinajstić information content (AvgIpc) is 2.44. The standard InChI is InChI=1S/C16H25BrN2O/c1-12(2)6-7-15(19-10-8-18-9-11-19)13-4-3-5-14(17)16(13)20/h3-5,12,15,18,20H,6-11H2,1-2H3/t15-/m0/s1. The van der Waals surface area contributed by atoms with Crippen LogP contribution in [0.2, 0.25) is 0 Å². The lowest BCUT2D eigenvalue weighted by molar-refractivity contribution is 0.157. The van der Waals surface area contributed by atoms with Gasteiger partial charge in [0.15, 0.2) is 0 Å². The topological polar surface area (TPSA) is 35.5 Å². The quantitative estimate of drug-likeness (QED) is 0.860. The SMILES string of the molecule is CC(C)CC[C@@H](c1cccc(Br)c1O)N1CCNCC1. The van der Waals surface area contributed by atoms with E-state index in [9.17, 15) is 5.11 Å². The van der Waals surface area contributed by atoms with Crippen LogP contribution in [0.4, 0.5) is 0 Å². The Kier molecular flexibility index (Phi) is 5.87. The lowest BCUT2D eigenvalue weighted by Crippen LogP contribution is -2.45. The minimum Gasteiger partial charge on any atom is -0.506 e. The molecule has 112 valence electrons. The molecule has 0 spiro atoms. The van der Waals surface area contributed by atoms with Crippen molar-refractivity contribution in [1.29, 1.82) is 0 Å². The molecule has 1 saturated heterocycles. The predicted molar refractivity (Wildman–Crippen MR) is 87.1 cm³/mol. The van der Waals surface area contributed by atoms with Crippen molar-refractivity contribution in [2.75, 3.05) is 26.2 Å². The molecule has 0 radical (unpaired) electrons. The van der Waals surface area contributed by atoms with Crippen molar-refractivity contribution in [2.45, 2.75) is 32.7 Å². The number of nitrogens with one attached hydrogen (secondary N) is 1. The molecule has 3 nitrogen and oxygen atoms in total. The Morgan fingerprint density at radius 2 is 1.95 bits per heavy atom. The van der Waals surface area contributed by atoms with Crippen molar-refractivity contribution >= 4 is 15.9 Å². The number of phenols is 1. The van der Waals surface area contributed by atoms with Crippen LogP contribution in [0, 0.1) is 5.92 Å². The van der Waals surface area contributed by atoms with Crippen LogP contribution < -0.4 is 5.32 Å². The Bertz CT molecular complexity index is 430. The number of piperazine rings is 1. The molecule has 1 fully saturated rings. The van der Waals surface area contributed by atoms with Crippen LogP contribution in [0.25, 0.3) is 0 Å². The van der Waals surface area contributed by atoms with Gasteiger partial charge in [-0.25, -0.2) is 0 Å². The van der Waals surface area contributed by atoms with Gasteiger partial charge in [-0.15, -0.1) is 0 Å². The van der Waals surface area contributed by atoms with E-state index in [0.717, 1.165) is 42.6 Å². The summed E-state index contributed by atoms with van der Waals surface area (Å²) in [5.41, 5.74) is 1.06. The van der Waals surface area contributed by atoms with Crippen LogP contribution in [0.15, 0.2) is 22.7 Å². The van der Waals surface area contributed by atoms with E-state index in [1.807, 2.05) is 12.1 Å². The van der Waals surface area contributed by atoms with Crippen molar-refractivity contribution in [3.8, 4) is 5.75 Å². The number of hydrogen-bond donors (Lipinski definition) is 2. The maximum Gasteiger partial charge on any atom is 0.134 e. The van der Waals surface area contributed by atoms with Crippen LogP contribution in [0.5, 0.6) is 5.75 Å². The Labute approximate surface area is 130 Å². The first-order chi connectivity index (χ1) is 9.59. The van der Waals surface area contributed by atoms with Gasteiger partial charge in [-0.3, -0.25) is 4.90 Å². The largest absolute Gasteiger partial charge is 0.506 e. The predicted octanol–water partition coefficient (Wildman–Crippen LogP) is 3.54. The number of rotatable bonds is 5. The zero-order valence-corrected chi connectivity index (χ0v) is 14.0. The molecule has 0 unspecified atom stereocenters. The number of hydrogen-bond acceptors (Lipinski definition) is 3. The lowest BCUT2D eigenvalue weighted by Gasteiger charge is -2.36. The molecule has 0 saturated carbocycles. The first-order valence-corrected chi connectivity index (χ1v) is 8.31. The zero-order valence-electron chi connectivity index (χ0n) is 12.4. The molecule has 2 rings (SSSR count). The van der Waals surface area contributed by atoms with Gasteiger partial charge in [0.1, 0.15) is 5.75 Å². The van der Waals surface area contributed by atoms with Crippen molar-refractivity contribution in [1.82, 2.24) is 10.2 Å². The van der Waals surface area contributed by atoms with Crippen molar-refractivity contribution < 1.29 is 5.11 Å². The molecule has 1 aliphatic rings. The van der Waals surface area contributed by atoms with E-state index in [0.29, 0.717) is 17.7 Å². The number of aromatic hydroxyl groups is 1. The summed E-state index contributed by atoms with van der Waals surface area (Å²) >= 11 is 3.44. The van der Waals surface area contributed by atoms with Gasteiger partial charge >= 0.3 is 0 Å². The van der Waals surface area contributed by atoms with Crippen molar-refractivity contribution in [2.24, 2.45) is 5.92 Å². The van der Waals surface area contributed by atoms with E-state index in [4.69, 9.17) is 0 Å². The van der Waals surface area contributed by atoms with Crippen LogP contribution in [0.1, 0.15) is 38.3 Å². The fourth-order valence-corrected chi connectivity index (χ4v) is 3.20. The van der Waals surface area contributed by atoms with Gasteiger partial charge in [-0.05, 0) is 40.8 Å². The van der Waals surface area contributed by atoms with Crippen molar-refractivity contribution in [3.63, 3.8) is 0 Å².